The fraction of sp³-hybridized carbons (Fsp3) is 0.600. The molecule has 1 aromatic heterocycles. The van der Waals surface area contributed by atoms with Gasteiger partial charge in [0.2, 0.25) is 0 Å². The standard InChI is InChI=1S/C10H16O2/c1-3-4-6-9(11-2)10-7-5-8-12-10/h5,7-9H,3-4,6H2,1-2H3. The van der Waals surface area contributed by atoms with Crippen LogP contribution in [0, 0.1) is 0 Å². The number of rotatable bonds is 5. The molecule has 0 aliphatic heterocycles. The smallest absolute Gasteiger partial charge is 0.132 e. The molecule has 1 atom stereocenters. The minimum atomic E-state index is 0.139. The third kappa shape index (κ3) is 2.38. The Morgan fingerprint density at radius 3 is 2.92 bits per heavy atom. The summed E-state index contributed by atoms with van der Waals surface area (Å²) in [6, 6.07) is 3.86. The summed E-state index contributed by atoms with van der Waals surface area (Å²) in [5, 5.41) is 0. The van der Waals surface area contributed by atoms with E-state index in [2.05, 4.69) is 6.92 Å². The van der Waals surface area contributed by atoms with Gasteiger partial charge in [0.15, 0.2) is 0 Å². The number of ether oxygens (including phenoxy) is 1. The van der Waals surface area contributed by atoms with Crippen molar-refractivity contribution in [1.29, 1.82) is 0 Å². The van der Waals surface area contributed by atoms with Crippen molar-refractivity contribution in [1.82, 2.24) is 0 Å². The van der Waals surface area contributed by atoms with E-state index in [1.165, 1.54) is 12.8 Å². The van der Waals surface area contributed by atoms with Crippen LogP contribution < -0.4 is 0 Å². The molecule has 0 aliphatic rings. The van der Waals surface area contributed by atoms with Crippen LogP contribution in [-0.4, -0.2) is 7.11 Å². The molecule has 0 bridgehead atoms. The summed E-state index contributed by atoms with van der Waals surface area (Å²) < 4.78 is 10.6. The van der Waals surface area contributed by atoms with Crippen molar-refractivity contribution in [3.05, 3.63) is 24.2 Å². The second-order valence-electron chi connectivity index (χ2n) is 2.88. The van der Waals surface area contributed by atoms with Crippen LogP contribution in [0.1, 0.15) is 38.1 Å². The number of hydrogen-bond donors (Lipinski definition) is 0. The predicted octanol–water partition coefficient (Wildman–Crippen LogP) is 3.16. The predicted molar refractivity (Wildman–Crippen MR) is 48.0 cm³/mol. The van der Waals surface area contributed by atoms with E-state index in [1.54, 1.807) is 13.4 Å². The van der Waals surface area contributed by atoms with Crippen LogP contribution in [-0.2, 0) is 4.74 Å². The summed E-state index contributed by atoms with van der Waals surface area (Å²) in [5.74, 6) is 0.936. The minimum Gasteiger partial charge on any atom is -0.467 e. The van der Waals surface area contributed by atoms with Crippen molar-refractivity contribution in [3.63, 3.8) is 0 Å². The quantitative estimate of drug-likeness (QED) is 0.673. The molecule has 1 unspecified atom stereocenters. The third-order valence-corrected chi connectivity index (χ3v) is 1.96. The van der Waals surface area contributed by atoms with Gasteiger partial charge in [-0.05, 0) is 18.6 Å². The Kier molecular flexibility index (Phi) is 3.88. The first-order valence-electron chi connectivity index (χ1n) is 4.44. The first-order chi connectivity index (χ1) is 5.88. The maximum Gasteiger partial charge on any atom is 0.132 e. The van der Waals surface area contributed by atoms with Crippen LogP contribution in [0.15, 0.2) is 22.8 Å². The zero-order valence-corrected chi connectivity index (χ0v) is 7.75. The van der Waals surface area contributed by atoms with Gasteiger partial charge in [0.25, 0.3) is 0 Å². The van der Waals surface area contributed by atoms with Crippen molar-refractivity contribution in [3.8, 4) is 0 Å². The number of unbranched alkanes of at least 4 members (excludes halogenated alkanes) is 1. The van der Waals surface area contributed by atoms with Crippen LogP contribution in [0.5, 0.6) is 0 Å². The monoisotopic (exact) mass is 168 g/mol. The van der Waals surface area contributed by atoms with Gasteiger partial charge in [0.05, 0.1) is 6.26 Å². The highest BCUT2D eigenvalue weighted by molar-refractivity contribution is 5.01. The van der Waals surface area contributed by atoms with Crippen molar-refractivity contribution in [2.45, 2.75) is 32.3 Å². The summed E-state index contributed by atoms with van der Waals surface area (Å²) in [4.78, 5) is 0. The molecule has 1 heterocycles. The molecule has 0 spiro atoms. The third-order valence-electron chi connectivity index (χ3n) is 1.96. The van der Waals surface area contributed by atoms with Gasteiger partial charge in [0.1, 0.15) is 11.9 Å². The van der Waals surface area contributed by atoms with E-state index in [0.29, 0.717) is 0 Å². The van der Waals surface area contributed by atoms with Gasteiger partial charge in [-0.3, -0.25) is 0 Å². The fourth-order valence-corrected chi connectivity index (χ4v) is 1.24. The highest BCUT2D eigenvalue weighted by Crippen LogP contribution is 2.22. The lowest BCUT2D eigenvalue weighted by atomic mass is 10.1. The Labute approximate surface area is 73.5 Å². The normalized spacial score (nSPS) is 13.2. The van der Waals surface area contributed by atoms with Crippen molar-refractivity contribution in [2.75, 3.05) is 7.11 Å². The topological polar surface area (TPSA) is 22.4 Å². The van der Waals surface area contributed by atoms with Crippen molar-refractivity contribution in [2.24, 2.45) is 0 Å². The van der Waals surface area contributed by atoms with Gasteiger partial charge in [-0.2, -0.15) is 0 Å². The largest absolute Gasteiger partial charge is 0.467 e. The van der Waals surface area contributed by atoms with E-state index in [0.717, 1.165) is 12.2 Å². The Balaban J connectivity index is 2.45. The van der Waals surface area contributed by atoms with Gasteiger partial charge >= 0.3 is 0 Å². The highest BCUT2D eigenvalue weighted by atomic mass is 16.5. The summed E-state index contributed by atoms with van der Waals surface area (Å²) in [6.07, 6.45) is 5.24. The fourth-order valence-electron chi connectivity index (χ4n) is 1.24. The molecule has 0 aliphatic carbocycles. The molecule has 12 heavy (non-hydrogen) atoms. The van der Waals surface area contributed by atoms with Gasteiger partial charge in [0, 0.05) is 7.11 Å². The van der Waals surface area contributed by atoms with Crippen LogP contribution in [0.25, 0.3) is 0 Å². The molecule has 2 heteroatoms. The first kappa shape index (κ1) is 9.33. The lowest BCUT2D eigenvalue weighted by Gasteiger charge is -2.11. The van der Waals surface area contributed by atoms with E-state index < -0.39 is 0 Å². The number of hydrogen-bond acceptors (Lipinski definition) is 2. The molecular formula is C10H16O2. The number of methoxy groups -OCH3 is 1. The van der Waals surface area contributed by atoms with Crippen molar-refractivity contribution < 1.29 is 9.15 Å². The molecule has 68 valence electrons. The average molecular weight is 168 g/mol. The summed E-state index contributed by atoms with van der Waals surface area (Å²) in [5.41, 5.74) is 0. The maximum absolute atomic E-state index is 5.30. The zero-order valence-electron chi connectivity index (χ0n) is 7.75. The molecule has 0 N–H and O–H groups in total. The van der Waals surface area contributed by atoms with Crippen molar-refractivity contribution >= 4 is 0 Å². The zero-order chi connectivity index (χ0) is 8.81. The Morgan fingerprint density at radius 1 is 1.58 bits per heavy atom. The Morgan fingerprint density at radius 2 is 2.42 bits per heavy atom. The maximum atomic E-state index is 5.30. The number of furan rings is 1. The molecule has 0 amide bonds. The summed E-state index contributed by atoms with van der Waals surface area (Å²) in [6.45, 7) is 2.18. The molecule has 0 fully saturated rings. The molecule has 0 saturated carbocycles. The average Bonchev–Trinajstić information content (AvgIpc) is 2.59. The lowest BCUT2D eigenvalue weighted by molar-refractivity contribution is 0.0748. The summed E-state index contributed by atoms with van der Waals surface area (Å²) >= 11 is 0. The molecule has 0 aromatic carbocycles. The van der Waals surface area contributed by atoms with Crippen LogP contribution in [0.2, 0.25) is 0 Å². The van der Waals surface area contributed by atoms with Crippen LogP contribution in [0.4, 0.5) is 0 Å². The van der Waals surface area contributed by atoms with Gasteiger partial charge in [-0.15, -0.1) is 0 Å². The van der Waals surface area contributed by atoms with E-state index in [-0.39, 0.29) is 6.10 Å². The van der Waals surface area contributed by atoms with Crippen LogP contribution >= 0.6 is 0 Å². The molecule has 2 nitrogen and oxygen atoms in total. The molecule has 1 rings (SSSR count). The SMILES string of the molecule is CCCCC(OC)c1ccco1. The van der Waals surface area contributed by atoms with Crippen LogP contribution in [0.3, 0.4) is 0 Å². The minimum absolute atomic E-state index is 0.139. The second-order valence-corrected chi connectivity index (χ2v) is 2.88. The second kappa shape index (κ2) is 4.99. The highest BCUT2D eigenvalue weighted by Gasteiger charge is 2.11. The molecule has 0 radical (unpaired) electrons. The Bertz CT molecular complexity index is 192. The molecule has 1 aromatic rings. The Hall–Kier alpha value is -0.760. The van der Waals surface area contributed by atoms with Gasteiger partial charge in [-0.1, -0.05) is 19.8 Å². The van der Waals surface area contributed by atoms with E-state index in [9.17, 15) is 0 Å². The molecule has 0 saturated heterocycles. The van der Waals surface area contributed by atoms with E-state index >= 15 is 0 Å². The van der Waals surface area contributed by atoms with Gasteiger partial charge in [-0.25, -0.2) is 0 Å². The molecular weight excluding hydrogens is 152 g/mol. The lowest BCUT2D eigenvalue weighted by Crippen LogP contribution is -1.99. The van der Waals surface area contributed by atoms with Gasteiger partial charge < -0.3 is 9.15 Å². The van der Waals surface area contributed by atoms with E-state index in [4.69, 9.17) is 9.15 Å². The van der Waals surface area contributed by atoms with E-state index in [1.807, 2.05) is 12.1 Å². The first-order valence-corrected chi connectivity index (χ1v) is 4.44. The summed E-state index contributed by atoms with van der Waals surface area (Å²) in [7, 11) is 1.73.